The average Bonchev–Trinajstić information content (AvgIpc) is 2.99. The molecule has 0 unspecified atom stereocenters. The quantitative estimate of drug-likeness (QED) is 0.616. The molecule has 0 aliphatic heterocycles. The lowest BCUT2D eigenvalue weighted by molar-refractivity contribution is 1.06. The Balaban J connectivity index is 1.97. The second-order valence-corrected chi connectivity index (χ2v) is 5.42. The number of rotatable bonds is 2. The normalized spacial score (nSPS) is 11.0. The SMILES string of the molecule is Cc1ccc(-c2nc(N)nc3c2ncn3-c2ccccc2)cc1. The van der Waals surface area contributed by atoms with Crippen molar-refractivity contribution in [3.8, 4) is 16.9 Å². The smallest absolute Gasteiger partial charge is 0.222 e. The molecular weight excluding hydrogens is 286 g/mol. The molecule has 0 fully saturated rings. The van der Waals surface area contributed by atoms with E-state index in [2.05, 4.69) is 21.9 Å². The van der Waals surface area contributed by atoms with Crippen LogP contribution >= 0.6 is 0 Å². The van der Waals surface area contributed by atoms with Gasteiger partial charge in [-0.1, -0.05) is 48.0 Å². The van der Waals surface area contributed by atoms with Crippen molar-refractivity contribution >= 4 is 17.1 Å². The number of para-hydroxylation sites is 1. The van der Waals surface area contributed by atoms with Crippen molar-refractivity contribution in [2.45, 2.75) is 6.92 Å². The van der Waals surface area contributed by atoms with Gasteiger partial charge in [0.2, 0.25) is 5.95 Å². The van der Waals surface area contributed by atoms with Gasteiger partial charge in [0.25, 0.3) is 0 Å². The number of aryl methyl sites for hydroxylation is 1. The van der Waals surface area contributed by atoms with Gasteiger partial charge in [-0.05, 0) is 19.1 Å². The molecule has 0 saturated heterocycles. The summed E-state index contributed by atoms with van der Waals surface area (Å²) in [6.45, 7) is 2.05. The molecule has 5 heteroatoms. The maximum absolute atomic E-state index is 5.93. The van der Waals surface area contributed by atoms with E-state index in [0.29, 0.717) is 5.65 Å². The third-order valence-electron chi connectivity index (χ3n) is 3.77. The van der Waals surface area contributed by atoms with Gasteiger partial charge in [-0.3, -0.25) is 4.57 Å². The standard InChI is InChI=1S/C18H15N5/c1-12-7-9-13(10-8-12)15-16-17(22-18(19)21-15)23(11-20-16)14-5-3-2-4-6-14/h2-11H,1H3,(H2,19,21,22). The van der Waals surface area contributed by atoms with Crippen LogP contribution in [0, 0.1) is 6.92 Å². The summed E-state index contributed by atoms with van der Waals surface area (Å²) in [5, 5.41) is 0. The molecule has 0 spiro atoms. The molecule has 112 valence electrons. The van der Waals surface area contributed by atoms with Crippen LogP contribution in [0.4, 0.5) is 5.95 Å². The number of anilines is 1. The summed E-state index contributed by atoms with van der Waals surface area (Å²) in [5.74, 6) is 0.241. The van der Waals surface area contributed by atoms with Crippen molar-refractivity contribution in [2.24, 2.45) is 0 Å². The number of nitrogen functional groups attached to an aromatic ring is 1. The molecular formula is C18H15N5. The highest BCUT2D eigenvalue weighted by atomic mass is 15.1. The number of benzene rings is 2. The average molecular weight is 301 g/mol. The predicted molar refractivity (Wildman–Crippen MR) is 91.2 cm³/mol. The predicted octanol–water partition coefficient (Wildman–Crippen LogP) is 3.37. The molecule has 23 heavy (non-hydrogen) atoms. The lowest BCUT2D eigenvalue weighted by Gasteiger charge is -2.06. The molecule has 0 aliphatic rings. The van der Waals surface area contributed by atoms with Crippen LogP contribution in [0.3, 0.4) is 0 Å². The Morgan fingerprint density at radius 3 is 2.39 bits per heavy atom. The third kappa shape index (κ3) is 2.32. The highest BCUT2D eigenvalue weighted by molar-refractivity contribution is 5.89. The molecule has 2 aromatic heterocycles. The minimum atomic E-state index is 0.241. The number of hydrogen-bond acceptors (Lipinski definition) is 4. The summed E-state index contributed by atoms with van der Waals surface area (Å²) >= 11 is 0. The second-order valence-electron chi connectivity index (χ2n) is 5.42. The number of nitrogens with two attached hydrogens (primary N) is 1. The Bertz CT molecular complexity index is 972. The van der Waals surface area contributed by atoms with E-state index in [-0.39, 0.29) is 5.95 Å². The Kier molecular flexibility index (Phi) is 3.05. The summed E-state index contributed by atoms with van der Waals surface area (Å²) in [7, 11) is 0. The molecule has 0 saturated carbocycles. The molecule has 2 N–H and O–H groups in total. The van der Waals surface area contributed by atoms with Crippen molar-refractivity contribution in [3.05, 3.63) is 66.5 Å². The first-order valence-electron chi connectivity index (χ1n) is 7.35. The van der Waals surface area contributed by atoms with Crippen LogP contribution in [0.25, 0.3) is 28.1 Å². The minimum Gasteiger partial charge on any atom is -0.368 e. The lowest BCUT2D eigenvalue weighted by atomic mass is 10.1. The first kappa shape index (κ1) is 13.5. The fraction of sp³-hybridized carbons (Fsp3) is 0.0556. The highest BCUT2D eigenvalue weighted by Crippen LogP contribution is 2.27. The van der Waals surface area contributed by atoms with Gasteiger partial charge in [0.05, 0.1) is 0 Å². The summed E-state index contributed by atoms with van der Waals surface area (Å²) < 4.78 is 1.92. The van der Waals surface area contributed by atoms with Crippen LogP contribution in [0.5, 0.6) is 0 Å². The number of imidazole rings is 1. The van der Waals surface area contributed by atoms with E-state index in [1.165, 1.54) is 5.56 Å². The van der Waals surface area contributed by atoms with Gasteiger partial charge in [-0.15, -0.1) is 0 Å². The van der Waals surface area contributed by atoms with E-state index in [1.54, 1.807) is 6.33 Å². The van der Waals surface area contributed by atoms with Crippen molar-refractivity contribution in [3.63, 3.8) is 0 Å². The Hall–Kier alpha value is -3.21. The van der Waals surface area contributed by atoms with E-state index in [9.17, 15) is 0 Å². The summed E-state index contributed by atoms with van der Waals surface area (Å²) in [5.41, 5.74) is 11.3. The van der Waals surface area contributed by atoms with Crippen molar-refractivity contribution < 1.29 is 0 Å². The van der Waals surface area contributed by atoms with Crippen LogP contribution in [0.2, 0.25) is 0 Å². The van der Waals surface area contributed by atoms with Gasteiger partial charge in [-0.25, -0.2) is 9.97 Å². The van der Waals surface area contributed by atoms with Gasteiger partial charge in [0, 0.05) is 11.3 Å². The van der Waals surface area contributed by atoms with Gasteiger partial charge in [0.1, 0.15) is 17.5 Å². The Labute approximate surface area is 133 Å². The molecule has 5 nitrogen and oxygen atoms in total. The van der Waals surface area contributed by atoms with Gasteiger partial charge in [0.15, 0.2) is 5.65 Å². The van der Waals surface area contributed by atoms with Crippen molar-refractivity contribution in [2.75, 3.05) is 5.73 Å². The molecule has 4 aromatic rings. The van der Waals surface area contributed by atoms with E-state index in [4.69, 9.17) is 5.73 Å². The number of aromatic nitrogens is 4. The molecule has 2 aromatic carbocycles. The number of fused-ring (bicyclic) bond motifs is 1. The van der Waals surface area contributed by atoms with E-state index >= 15 is 0 Å². The largest absolute Gasteiger partial charge is 0.368 e. The lowest BCUT2D eigenvalue weighted by Crippen LogP contribution is -2.01. The zero-order valence-electron chi connectivity index (χ0n) is 12.6. The third-order valence-corrected chi connectivity index (χ3v) is 3.77. The van der Waals surface area contributed by atoms with Crippen molar-refractivity contribution in [1.29, 1.82) is 0 Å². The Morgan fingerprint density at radius 1 is 0.913 bits per heavy atom. The Morgan fingerprint density at radius 2 is 1.65 bits per heavy atom. The zero-order valence-corrected chi connectivity index (χ0v) is 12.6. The van der Waals surface area contributed by atoms with Gasteiger partial charge in [-0.2, -0.15) is 4.98 Å². The maximum Gasteiger partial charge on any atom is 0.222 e. The first-order valence-corrected chi connectivity index (χ1v) is 7.35. The van der Waals surface area contributed by atoms with Crippen molar-refractivity contribution in [1.82, 2.24) is 19.5 Å². The summed E-state index contributed by atoms with van der Waals surface area (Å²) in [4.78, 5) is 13.3. The van der Waals surface area contributed by atoms with E-state index < -0.39 is 0 Å². The minimum absolute atomic E-state index is 0.241. The molecule has 0 aliphatic carbocycles. The number of nitrogens with zero attached hydrogens (tertiary/aromatic N) is 4. The van der Waals surface area contributed by atoms with Crippen LogP contribution < -0.4 is 5.73 Å². The van der Waals surface area contributed by atoms with E-state index in [0.717, 1.165) is 22.5 Å². The van der Waals surface area contributed by atoms with Gasteiger partial charge < -0.3 is 5.73 Å². The van der Waals surface area contributed by atoms with E-state index in [1.807, 2.05) is 59.2 Å². The van der Waals surface area contributed by atoms with Crippen LogP contribution in [-0.2, 0) is 0 Å². The number of hydrogen-bond donors (Lipinski definition) is 1. The zero-order chi connectivity index (χ0) is 15.8. The first-order chi connectivity index (χ1) is 11.2. The van der Waals surface area contributed by atoms with Crippen LogP contribution in [-0.4, -0.2) is 19.5 Å². The van der Waals surface area contributed by atoms with Gasteiger partial charge >= 0.3 is 0 Å². The molecule has 0 bridgehead atoms. The fourth-order valence-corrected chi connectivity index (χ4v) is 2.61. The monoisotopic (exact) mass is 301 g/mol. The molecule has 0 atom stereocenters. The summed E-state index contributed by atoms with van der Waals surface area (Å²) in [6.07, 6.45) is 1.76. The summed E-state index contributed by atoms with van der Waals surface area (Å²) in [6, 6.07) is 18.1. The second kappa shape index (κ2) is 5.21. The van der Waals surface area contributed by atoms with Crippen LogP contribution in [0.1, 0.15) is 5.56 Å². The highest BCUT2D eigenvalue weighted by Gasteiger charge is 2.14. The molecule has 4 rings (SSSR count). The van der Waals surface area contributed by atoms with Crippen LogP contribution in [0.15, 0.2) is 60.9 Å². The fourth-order valence-electron chi connectivity index (χ4n) is 2.61. The topological polar surface area (TPSA) is 69.6 Å². The molecule has 0 radical (unpaired) electrons. The molecule has 2 heterocycles. The molecule has 0 amide bonds. The maximum atomic E-state index is 5.93.